The van der Waals surface area contributed by atoms with Gasteiger partial charge in [-0.1, -0.05) is 26.7 Å². The first-order valence-electron chi connectivity index (χ1n) is 10.0. The highest BCUT2D eigenvalue weighted by Crippen LogP contribution is 2.30. The van der Waals surface area contributed by atoms with E-state index < -0.39 is 37.4 Å². The van der Waals surface area contributed by atoms with Crippen LogP contribution in [0, 0.1) is 0 Å². The lowest BCUT2D eigenvalue weighted by molar-refractivity contribution is 0.123. The van der Waals surface area contributed by atoms with E-state index in [1.165, 1.54) is 24.3 Å². The minimum Gasteiger partial charge on any atom is -0.506 e. The fourth-order valence-electron chi connectivity index (χ4n) is 2.32. The van der Waals surface area contributed by atoms with Crippen molar-refractivity contribution in [1.29, 1.82) is 0 Å². The minimum absolute atomic E-state index is 0.0858. The average molecular weight is 297 g/mol. The van der Waals surface area contributed by atoms with Gasteiger partial charge in [0.05, 0.1) is 11.6 Å². The topological polar surface area (TPSA) is 85.3 Å². The molecule has 0 radical (unpaired) electrons. The predicted molar refractivity (Wildman–Crippen MR) is 83.5 cm³/mol. The lowest BCUT2D eigenvalue weighted by Crippen LogP contribution is -2.39. The molecular weight excluding hydrogens is 268 g/mol. The first-order chi connectivity index (χ1) is 12.7. The number of phenolic OH excluding ortho intramolecular Hbond substituents is 1. The van der Waals surface area contributed by atoms with E-state index in [1.54, 1.807) is 6.92 Å². The number of aliphatic hydroxyl groups excluding tert-OH is 1. The molecule has 0 spiro atoms. The van der Waals surface area contributed by atoms with Gasteiger partial charge in [-0.2, -0.15) is 0 Å². The summed E-state index contributed by atoms with van der Waals surface area (Å²) in [5.41, 5.74) is -0.140. The number of hydrogen-bond donors (Lipinski definition) is 4. The van der Waals surface area contributed by atoms with Crippen LogP contribution >= 0.6 is 0 Å². The Morgan fingerprint density at radius 1 is 1.38 bits per heavy atom. The number of aromatic nitrogens is 1. The molecule has 1 heterocycles. The molecule has 0 bridgehead atoms. The SMILES string of the molecule is [2H]C([2H])([2H])C([2H])(N[C@H](CC)[C@@H](O)c1ccc(O)c2[nH]c(=O)ccc12)C([2H])([2H])[2H]. The van der Waals surface area contributed by atoms with Crippen LogP contribution in [0.1, 0.15) is 48.3 Å². The molecule has 0 aliphatic heterocycles. The largest absolute Gasteiger partial charge is 0.506 e. The second kappa shape index (κ2) is 6.28. The van der Waals surface area contributed by atoms with E-state index in [4.69, 9.17) is 9.60 Å². The highest BCUT2D eigenvalue weighted by molar-refractivity contribution is 5.87. The summed E-state index contributed by atoms with van der Waals surface area (Å²) in [5, 5.41) is 23.4. The number of hydrogen-bond acceptors (Lipinski definition) is 4. The van der Waals surface area contributed by atoms with Crippen molar-refractivity contribution in [2.45, 2.75) is 45.2 Å². The van der Waals surface area contributed by atoms with Crippen LogP contribution < -0.4 is 10.9 Å². The Morgan fingerprint density at radius 3 is 2.81 bits per heavy atom. The number of nitrogens with one attached hydrogen (secondary N) is 2. The summed E-state index contributed by atoms with van der Waals surface area (Å²) >= 11 is 0. The third-order valence-corrected chi connectivity index (χ3v) is 3.38. The predicted octanol–water partition coefficient (Wildman–Crippen LogP) is 2.04. The molecule has 4 N–H and O–H groups in total. The molecular formula is C16H22N2O3. The quantitative estimate of drug-likeness (QED) is 0.680. The van der Waals surface area contributed by atoms with Gasteiger partial charge in [-0.3, -0.25) is 4.79 Å². The van der Waals surface area contributed by atoms with Gasteiger partial charge in [0, 0.05) is 33.1 Å². The zero-order valence-electron chi connectivity index (χ0n) is 18.5. The van der Waals surface area contributed by atoms with Crippen LogP contribution in [-0.4, -0.2) is 27.3 Å². The van der Waals surface area contributed by atoms with E-state index in [2.05, 4.69) is 10.3 Å². The molecule has 1 aromatic carbocycles. The fraction of sp³-hybridized carbons (Fsp3) is 0.438. The maximum absolute atomic E-state index is 11.5. The summed E-state index contributed by atoms with van der Waals surface area (Å²) in [5.74, 6) is -0.218. The van der Waals surface area contributed by atoms with Crippen molar-refractivity contribution < 1.29 is 19.8 Å². The number of fused-ring (bicyclic) bond motifs is 1. The first kappa shape index (κ1) is 8.56. The second-order valence-electron chi connectivity index (χ2n) is 4.76. The van der Waals surface area contributed by atoms with Crippen LogP contribution in [0.2, 0.25) is 0 Å². The van der Waals surface area contributed by atoms with Gasteiger partial charge in [-0.05, 0) is 24.1 Å². The number of H-pyrrole nitrogens is 1. The fourth-order valence-corrected chi connectivity index (χ4v) is 2.32. The Morgan fingerprint density at radius 2 is 2.14 bits per heavy atom. The summed E-state index contributed by atoms with van der Waals surface area (Å²) in [4.78, 5) is 14.0. The van der Waals surface area contributed by atoms with Crippen LogP contribution in [-0.2, 0) is 0 Å². The zero-order valence-corrected chi connectivity index (χ0v) is 11.5. The second-order valence-corrected chi connectivity index (χ2v) is 4.76. The van der Waals surface area contributed by atoms with Gasteiger partial charge in [0.25, 0.3) is 0 Å². The van der Waals surface area contributed by atoms with Gasteiger partial charge in [0.2, 0.25) is 5.56 Å². The molecule has 2 atom stereocenters. The van der Waals surface area contributed by atoms with E-state index in [0.29, 0.717) is 5.39 Å². The molecule has 0 aliphatic rings. The number of aliphatic hydroxyl groups is 1. The number of benzene rings is 1. The van der Waals surface area contributed by atoms with Crippen molar-refractivity contribution in [3.63, 3.8) is 0 Å². The van der Waals surface area contributed by atoms with E-state index in [-0.39, 0.29) is 23.3 Å². The van der Waals surface area contributed by atoms with E-state index in [0.717, 1.165) is 0 Å². The molecule has 2 aromatic rings. The van der Waals surface area contributed by atoms with Gasteiger partial charge in [0.1, 0.15) is 5.75 Å². The van der Waals surface area contributed by atoms with E-state index in [9.17, 15) is 15.0 Å². The molecule has 0 fully saturated rings. The summed E-state index contributed by atoms with van der Waals surface area (Å²) in [6.45, 7) is -4.77. The third kappa shape index (κ3) is 3.25. The van der Waals surface area contributed by atoms with E-state index in [1.807, 2.05) is 0 Å². The van der Waals surface area contributed by atoms with E-state index >= 15 is 0 Å². The monoisotopic (exact) mass is 297 g/mol. The molecule has 0 saturated carbocycles. The highest BCUT2D eigenvalue weighted by Gasteiger charge is 2.22. The Balaban J connectivity index is 2.52. The maximum atomic E-state index is 11.5. The van der Waals surface area contributed by atoms with Crippen molar-refractivity contribution in [2.24, 2.45) is 0 Å². The molecule has 0 amide bonds. The van der Waals surface area contributed by atoms with Gasteiger partial charge < -0.3 is 20.5 Å². The Bertz CT molecular complexity index is 894. The smallest absolute Gasteiger partial charge is 0.248 e. The number of phenols is 1. The number of rotatable bonds is 5. The lowest BCUT2D eigenvalue weighted by Gasteiger charge is -2.26. The molecule has 114 valence electrons. The van der Waals surface area contributed by atoms with Crippen LogP contribution in [0.3, 0.4) is 0 Å². The molecule has 2 rings (SSSR count). The molecule has 21 heavy (non-hydrogen) atoms. The van der Waals surface area contributed by atoms with Gasteiger partial charge in [-0.25, -0.2) is 0 Å². The van der Waals surface area contributed by atoms with Crippen LogP contribution in [0.25, 0.3) is 10.9 Å². The normalized spacial score (nSPS) is 21.1. The minimum atomic E-state index is -3.19. The lowest BCUT2D eigenvalue weighted by atomic mass is 9.95. The zero-order chi connectivity index (χ0) is 21.5. The number of pyridine rings is 1. The summed E-state index contributed by atoms with van der Waals surface area (Å²) < 4.78 is 53.1. The van der Waals surface area contributed by atoms with Crippen molar-refractivity contribution in [2.75, 3.05) is 0 Å². The summed E-state index contributed by atoms with van der Waals surface area (Å²) in [6, 6.07) is 1.14. The molecule has 5 heteroatoms. The molecule has 1 aromatic heterocycles. The first-order valence-corrected chi connectivity index (χ1v) is 6.53. The maximum Gasteiger partial charge on any atom is 0.248 e. The number of aromatic amines is 1. The van der Waals surface area contributed by atoms with Crippen molar-refractivity contribution in [3.05, 3.63) is 40.2 Å². The molecule has 0 saturated heterocycles. The molecule has 0 aliphatic carbocycles. The Labute approximate surface area is 133 Å². The van der Waals surface area contributed by atoms with Gasteiger partial charge in [-0.15, -0.1) is 0 Å². The van der Waals surface area contributed by atoms with Crippen LogP contribution in [0.15, 0.2) is 29.1 Å². The number of aromatic hydroxyl groups is 1. The van der Waals surface area contributed by atoms with Crippen molar-refractivity contribution in [1.82, 2.24) is 10.3 Å². The average Bonchev–Trinajstić information content (AvgIpc) is 2.57. The van der Waals surface area contributed by atoms with Crippen LogP contribution in [0.4, 0.5) is 0 Å². The Kier molecular flexibility index (Phi) is 2.56. The Hall–Kier alpha value is -1.85. The molecule has 0 unspecified atom stereocenters. The highest BCUT2D eigenvalue weighted by atomic mass is 16.3. The standard InChI is InChI=1S/C16H22N2O3/c1-4-12(17-9(2)3)16(21)11-5-7-13(19)15-10(11)6-8-14(20)18-15/h5-9,12,16-17,19,21H,4H2,1-3H3,(H,18,20)/t12-,16+/m1/s1/i2D3,3D3,9D. The van der Waals surface area contributed by atoms with Crippen molar-refractivity contribution >= 4 is 10.9 Å². The van der Waals surface area contributed by atoms with Gasteiger partial charge >= 0.3 is 0 Å². The third-order valence-electron chi connectivity index (χ3n) is 3.38. The molecule has 5 nitrogen and oxygen atoms in total. The summed E-state index contributed by atoms with van der Waals surface area (Å²) in [7, 11) is 0. The van der Waals surface area contributed by atoms with Crippen molar-refractivity contribution in [3.8, 4) is 5.75 Å². The van der Waals surface area contributed by atoms with Crippen LogP contribution in [0.5, 0.6) is 5.75 Å². The summed E-state index contributed by atoms with van der Waals surface area (Å²) in [6.07, 6.45) is -1.30. The van der Waals surface area contributed by atoms with Gasteiger partial charge in [0.15, 0.2) is 0 Å².